The second kappa shape index (κ2) is 9.82. The van der Waals surface area contributed by atoms with Crippen LogP contribution in [0, 0.1) is 5.82 Å². The number of ether oxygens (including phenoxy) is 2. The van der Waals surface area contributed by atoms with E-state index in [1.807, 2.05) is 25.9 Å². The van der Waals surface area contributed by atoms with Gasteiger partial charge in [-0.15, -0.1) is 0 Å². The van der Waals surface area contributed by atoms with Crippen molar-refractivity contribution in [1.82, 2.24) is 9.80 Å². The van der Waals surface area contributed by atoms with E-state index in [0.29, 0.717) is 30.2 Å². The number of aliphatic hydroxyl groups is 1. The van der Waals surface area contributed by atoms with E-state index >= 15 is 0 Å². The average Bonchev–Trinajstić information content (AvgIpc) is 3.03. The van der Waals surface area contributed by atoms with Crippen LogP contribution >= 0.6 is 0 Å². The van der Waals surface area contributed by atoms with E-state index in [4.69, 9.17) is 9.47 Å². The van der Waals surface area contributed by atoms with Gasteiger partial charge in [0.05, 0.1) is 25.3 Å². The number of Topliss-reactive ketones (excluding diaryl/α,β-unsaturated/α-hetero) is 1. The predicted octanol–water partition coefficient (Wildman–Crippen LogP) is 3.22. The molecule has 0 radical (unpaired) electrons. The van der Waals surface area contributed by atoms with Crippen LogP contribution in [0.1, 0.15) is 24.1 Å². The molecule has 1 fully saturated rings. The molecular weight excluding hydrogens is 415 g/mol. The molecule has 1 N–H and O–H groups in total. The summed E-state index contributed by atoms with van der Waals surface area (Å²) in [5.74, 6) is -1.34. The van der Waals surface area contributed by atoms with Crippen LogP contribution in [0.25, 0.3) is 5.76 Å². The molecule has 0 unspecified atom stereocenters. The summed E-state index contributed by atoms with van der Waals surface area (Å²) in [6.07, 6.45) is 0. The van der Waals surface area contributed by atoms with Crippen molar-refractivity contribution in [1.29, 1.82) is 0 Å². The van der Waals surface area contributed by atoms with Gasteiger partial charge < -0.3 is 24.4 Å². The number of rotatable bonds is 8. The molecule has 1 aliphatic heterocycles. The van der Waals surface area contributed by atoms with Crippen molar-refractivity contribution < 1.29 is 28.6 Å². The van der Waals surface area contributed by atoms with Crippen LogP contribution in [0.15, 0.2) is 48.0 Å². The topological polar surface area (TPSA) is 79.3 Å². The Balaban J connectivity index is 2.16. The van der Waals surface area contributed by atoms with Gasteiger partial charge in [-0.1, -0.05) is 6.07 Å². The normalized spacial score (nSPS) is 17.8. The monoisotopic (exact) mass is 442 g/mol. The number of hydrogen-bond acceptors (Lipinski definition) is 6. The fourth-order valence-electron chi connectivity index (χ4n) is 3.66. The molecule has 7 nitrogen and oxygen atoms in total. The molecule has 0 saturated carbocycles. The van der Waals surface area contributed by atoms with E-state index in [1.165, 1.54) is 36.3 Å². The van der Waals surface area contributed by atoms with Gasteiger partial charge in [-0.3, -0.25) is 9.59 Å². The molecule has 3 rings (SSSR count). The first kappa shape index (κ1) is 23.3. The predicted molar refractivity (Wildman–Crippen MR) is 118 cm³/mol. The zero-order valence-corrected chi connectivity index (χ0v) is 18.6. The summed E-state index contributed by atoms with van der Waals surface area (Å²) < 4.78 is 24.4. The highest BCUT2D eigenvalue weighted by molar-refractivity contribution is 6.46. The van der Waals surface area contributed by atoms with Gasteiger partial charge in [-0.05, 0) is 63.0 Å². The first-order chi connectivity index (χ1) is 15.3. The van der Waals surface area contributed by atoms with Gasteiger partial charge in [-0.2, -0.15) is 0 Å². The highest BCUT2D eigenvalue weighted by atomic mass is 19.1. The van der Waals surface area contributed by atoms with E-state index in [0.717, 1.165) is 0 Å². The van der Waals surface area contributed by atoms with Crippen molar-refractivity contribution in [2.45, 2.75) is 13.0 Å². The number of hydrogen-bond donors (Lipinski definition) is 1. The average molecular weight is 442 g/mol. The van der Waals surface area contributed by atoms with Crippen LogP contribution < -0.4 is 9.47 Å². The van der Waals surface area contributed by atoms with Gasteiger partial charge in [-0.25, -0.2) is 4.39 Å². The quantitative estimate of drug-likeness (QED) is 0.384. The van der Waals surface area contributed by atoms with Crippen molar-refractivity contribution in [2.75, 3.05) is 40.9 Å². The van der Waals surface area contributed by atoms with Gasteiger partial charge >= 0.3 is 0 Å². The smallest absolute Gasteiger partial charge is 0.295 e. The molecule has 1 amide bonds. The summed E-state index contributed by atoms with van der Waals surface area (Å²) in [5, 5.41) is 11.0. The number of methoxy groups -OCH3 is 1. The summed E-state index contributed by atoms with van der Waals surface area (Å²) in [6, 6.07) is 9.43. The lowest BCUT2D eigenvalue weighted by molar-refractivity contribution is -0.140. The van der Waals surface area contributed by atoms with Crippen LogP contribution in [0.2, 0.25) is 0 Å². The molecule has 32 heavy (non-hydrogen) atoms. The molecule has 0 spiro atoms. The fraction of sp³-hybridized carbons (Fsp3) is 0.333. The third kappa shape index (κ3) is 4.60. The largest absolute Gasteiger partial charge is 0.507 e. The summed E-state index contributed by atoms with van der Waals surface area (Å²) in [7, 11) is 5.23. The Bertz CT molecular complexity index is 1030. The zero-order valence-electron chi connectivity index (χ0n) is 18.6. The Hall–Kier alpha value is -3.39. The molecule has 0 aromatic heterocycles. The minimum absolute atomic E-state index is 0.0495. The number of carbonyl (C=O) groups excluding carboxylic acids is 2. The maximum atomic E-state index is 13.4. The molecule has 1 heterocycles. The molecule has 1 atom stereocenters. The van der Waals surface area contributed by atoms with Crippen molar-refractivity contribution in [3.8, 4) is 11.5 Å². The minimum Gasteiger partial charge on any atom is -0.507 e. The summed E-state index contributed by atoms with van der Waals surface area (Å²) >= 11 is 0. The van der Waals surface area contributed by atoms with Gasteiger partial charge in [0.15, 0.2) is 11.5 Å². The third-order valence-electron chi connectivity index (χ3n) is 5.25. The lowest BCUT2D eigenvalue weighted by Gasteiger charge is -2.27. The number of amides is 1. The Kier molecular flexibility index (Phi) is 7.15. The highest BCUT2D eigenvalue weighted by Gasteiger charge is 2.46. The van der Waals surface area contributed by atoms with Crippen molar-refractivity contribution >= 4 is 17.4 Å². The molecule has 1 aliphatic rings. The lowest BCUT2D eigenvalue weighted by Crippen LogP contribution is -2.35. The molecule has 2 aromatic carbocycles. The number of benzene rings is 2. The van der Waals surface area contributed by atoms with Gasteiger partial charge in [0, 0.05) is 18.7 Å². The number of ketones is 1. The zero-order chi connectivity index (χ0) is 23.4. The maximum absolute atomic E-state index is 13.4. The maximum Gasteiger partial charge on any atom is 0.295 e. The van der Waals surface area contributed by atoms with Crippen molar-refractivity contribution in [2.24, 2.45) is 0 Å². The summed E-state index contributed by atoms with van der Waals surface area (Å²) in [4.78, 5) is 29.3. The van der Waals surface area contributed by atoms with E-state index in [2.05, 4.69) is 0 Å². The van der Waals surface area contributed by atoms with Crippen LogP contribution in [0.4, 0.5) is 4.39 Å². The van der Waals surface area contributed by atoms with E-state index in [-0.39, 0.29) is 23.4 Å². The lowest BCUT2D eigenvalue weighted by atomic mass is 9.95. The molecule has 170 valence electrons. The Morgan fingerprint density at radius 2 is 1.81 bits per heavy atom. The number of carbonyl (C=O) groups is 2. The van der Waals surface area contributed by atoms with E-state index < -0.39 is 23.5 Å². The van der Waals surface area contributed by atoms with Gasteiger partial charge in [0.2, 0.25) is 0 Å². The van der Waals surface area contributed by atoms with Crippen molar-refractivity contribution in [3.63, 3.8) is 0 Å². The number of likely N-dealkylation sites (N-methyl/N-ethyl adjacent to an activating group) is 1. The van der Waals surface area contributed by atoms with Crippen LogP contribution in [-0.4, -0.2) is 67.5 Å². The van der Waals surface area contributed by atoms with Gasteiger partial charge in [0.1, 0.15) is 11.6 Å². The van der Waals surface area contributed by atoms with Gasteiger partial charge in [0.25, 0.3) is 11.7 Å². The first-order valence-electron chi connectivity index (χ1n) is 10.3. The summed E-state index contributed by atoms with van der Waals surface area (Å²) in [5.41, 5.74) is 0.790. The first-order valence-corrected chi connectivity index (χ1v) is 10.3. The fourth-order valence-corrected chi connectivity index (χ4v) is 3.66. The van der Waals surface area contributed by atoms with Crippen LogP contribution in [0.3, 0.4) is 0 Å². The Morgan fingerprint density at radius 1 is 1.12 bits per heavy atom. The molecule has 8 heteroatoms. The van der Waals surface area contributed by atoms with Crippen LogP contribution in [-0.2, 0) is 9.59 Å². The SMILES string of the molecule is CCOc1ccc([C@@H]2C(=C(O)c3ccc(F)cc3)C(=O)C(=O)N2CCN(C)C)cc1OC. The number of likely N-dealkylation sites (tertiary alicyclic amines) is 1. The highest BCUT2D eigenvalue weighted by Crippen LogP contribution is 2.41. The Morgan fingerprint density at radius 3 is 2.41 bits per heavy atom. The molecule has 1 saturated heterocycles. The minimum atomic E-state index is -0.829. The second-order valence-electron chi connectivity index (χ2n) is 7.65. The van der Waals surface area contributed by atoms with Crippen LogP contribution in [0.5, 0.6) is 11.5 Å². The third-order valence-corrected chi connectivity index (χ3v) is 5.25. The van der Waals surface area contributed by atoms with E-state index in [1.54, 1.807) is 18.2 Å². The second-order valence-corrected chi connectivity index (χ2v) is 7.65. The summed E-state index contributed by atoms with van der Waals surface area (Å²) in [6.45, 7) is 3.10. The number of aliphatic hydroxyl groups excluding tert-OH is 1. The molecule has 0 bridgehead atoms. The number of halogens is 1. The molecule has 0 aliphatic carbocycles. The Labute approximate surface area is 186 Å². The van der Waals surface area contributed by atoms with E-state index in [9.17, 15) is 19.1 Å². The van der Waals surface area contributed by atoms with Crippen molar-refractivity contribution in [3.05, 3.63) is 65.0 Å². The molecular formula is C24H27FN2O5. The molecule has 2 aromatic rings. The number of nitrogens with zero attached hydrogens (tertiary/aromatic N) is 2. The standard InChI is InChI=1S/C24H27FN2O5/c1-5-32-18-11-8-16(14-19(18)31-4)21-20(22(28)15-6-9-17(25)10-7-15)23(29)24(30)27(21)13-12-26(2)3/h6-11,14,21,28H,5,12-13H2,1-4H3/t21-/m1/s1.